The van der Waals surface area contributed by atoms with Gasteiger partial charge in [-0.25, -0.2) is 4.39 Å². The van der Waals surface area contributed by atoms with Crippen LogP contribution in [0.3, 0.4) is 0 Å². The predicted octanol–water partition coefficient (Wildman–Crippen LogP) is 2.29. The number of hydrogen-bond donors (Lipinski definition) is 2. The van der Waals surface area contributed by atoms with Gasteiger partial charge in [0.15, 0.2) is 0 Å². The van der Waals surface area contributed by atoms with Gasteiger partial charge < -0.3 is 11.1 Å². The van der Waals surface area contributed by atoms with Gasteiger partial charge in [-0.3, -0.25) is 4.79 Å². The highest BCUT2D eigenvalue weighted by atomic mass is 19.1. The van der Waals surface area contributed by atoms with Crippen molar-refractivity contribution in [3.05, 3.63) is 35.1 Å². The van der Waals surface area contributed by atoms with Gasteiger partial charge in [-0.15, -0.1) is 0 Å². The zero-order valence-electron chi connectivity index (χ0n) is 11.3. The third-order valence-corrected chi connectivity index (χ3v) is 3.08. The molecule has 0 spiro atoms. The summed E-state index contributed by atoms with van der Waals surface area (Å²) in [6.45, 7) is 7.30. The Labute approximate surface area is 108 Å². The molecular formula is C14H21FN2O. The van der Waals surface area contributed by atoms with E-state index in [0.29, 0.717) is 5.56 Å². The van der Waals surface area contributed by atoms with Crippen LogP contribution in [0, 0.1) is 18.7 Å². The maximum atomic E-state index is 13.4. The number of nitrogens with one attached hydrogen (secondary N) is 1. The number of carbonyl (C=O) groups excluding carboxylic acids is 1. The molecule has 18 heavy (non-hydrogen) atoms. The minimum absolute atomic E-state index is 0.0759. The van der Waals surface area contributed by atoms with Crippen molar-refractivity contribution < 1.29 is 9.18 Å². The molecular weight excluding hydrogens is 231 g/mol. The first kappa shape index (κ1) is 14.6. The summed E-state index contributed by atoms with van der Waals surface area (Å²) in [6.07, 6.45) is 0. The molecule has 1 aromatic carbocycles. The van der Waals surface area contributed by atoms with Gasteiger partial charge in [-0.2, -0.15) is 0 Å². The molecule has 4 heteroatoms. The Hall–Kier alpha value is -1.42. The quantitative estimate of drug-likeness (QED) is 0.864. The van der Waals surface area contributed by atoms with Crippen LogP contribution in [0.2, 0.25) is 0 Å². The Morgan fingerprint density at radius 1 is 1.33 bits per heavy atom. The van der Waals surface area contributed by atoms with Crippen LogP contribution in [-0.4, -0.2) is 11.9 Å². The van der Waals surface area contributed by atoms with E-state index in [2.05, 4.69) is 5.32 Å². The molecule has 0 saturated carbocycles. The van der Waals surface area contributed by atoms with Crippen LogP contribution in [0.15, 0.2) is 18.2 Å². The van der Waals surface area contributed by atoms with Crippen molar-refractivity contribution in [2.45, 2.75) is 39.8 Å². The Morgan fingerprint density at radius 3 is 2.44 bits per heavy atom. The van der Waals surface area contributed by atoms with E-state index < -0.39 is 6.04 Å². The van der Waals surface area contributed by atoms with Gasteiger partial charge in [-0.05, 0) is 37.0 Å². The van der Waals surface area contributed by atoms with Crippen molar-refractivity contribution in [2.24, 2.45) is 11.7 Å². The van der Waals surface area contributed by atoms with Crippen LogP contribution in [0.5, 0.6) is 0 Å². The zero-order chi connectivity index (χ0) is 13.9. The molecule has 0 saturated heterocycles. The fourth-order valence-electron chi connectivity index (χ4n) is 1.57. The zero-order valence-corrected chi connectivity index (χ0v) is 11.3. The number of nitrogens with two attached hydrogens (primary N) is 1. The first-order chi connectivity index (χ1) is 8.32. The van der Waals surface area contributed by atoms with Crippen molar-refractivity contribution in [1.29, 1.82) is 0 Å². The third-order valence-electron chi connectivity index (χ3n) is 3.08. The molecule has 1 amide bonds. The van der Waals surface area contributed by atoms with Crippen LogP contribution >= 0.6 is 0 Å². The minimum Gasteiger partial charge on any atom is -0.348 e. The van der Waals surface area contributed by atoms with Crippen LogP contribution in [-0.2, 0) is 4.79 Å². The van der Waals surface area contributed by atoms with E-state index in [1.807, 2.05) is 26.8 Å². The number of amides is 1. The molecule has 0 fully saturated rings. The van der Waals surface area contributed by atoms with Gasteiger partial charge >= 0.3 is 0 Å². The monoisotopic (exact) mass is 252 g/mol. The fraction of sp³-hybridized carbons (Fsp3) is 0.500. The standard InChI is InChI=1S/C14H21FN2O/c1-8(2)13(16)14(18)17-10(4)11-6-5-9(3)12(15)7-11/h5-8,10,13H,16H2,1-4H3,(H,17,18)/t10?,13-/m1/s1. The van der Waals surface area contributed by atoms with Crippen molar-refractivity contribution in [3.63, 3.8) is 0 Å². The smallest absolute Gasteiger partial charge is 0.237 e. The molecule has 0 aliphatic rings. The van der Waals surface area contributed by atoms with Gasteiger partial charge in [0.2, 0.25) is 5.91 Å². The first-order valence-electron chi connectivity index (χ1n) is 6.15. The molecule has 1 unspecified atom stereocenters. The van der Waals surface area contributed by atoms with Crippen molar-refractivity contribution in [2.75, 3.05) is 0 Å². The molecule has 3 N–H and O–H groups in total. The number of hydrogen-bond acceptors (Lipinski definition) is 2. The van der Waals surface area contributed by atoms with Gasteiger partial charge in [-0.1, -0.05) is 26.0 Å². The number of aryl methyl sites for hydroxylation is 1. The van der Waals surface area contributed by atoms with E-state index in [4.69, 9.17) is 5.73 Å². The molecule has 0 aromatic heterocycles. The summed E-state index contributed by atoms with van der Waals surface area (Å²) >= 11 is 0. The van der Waals surface area contributed by atoms with Crippen molar-refractivity contribution in [1.82, 2.24) is 5.32 Å². The maximum Gasteiger partial charge on any atom is 0.237 e. The van der Waals surface area contributed by atoms with Gasteiger partial charge in [0.1, 0.15) is 5.82 Å². The number of halogens is 1. The summed E-state index contributed by atoms with van der Waals surface area (Å²) in [5.74, 6) is -0.396. The fourth-order valence-corrected chi connectivity index (χ4v) is 1.57. The third kappa shape index (κ3) is 3.53. The van der Waals surface area contributed by atoms with E-state index in [-0.39, 0.29) is 23.7 Å². The van der Waals surface area contributed by atoms with E-state index in [0.717, 1.165) is 5.56 Å². The second kappa shape index (κ2) is 5.96. The van der Waals surface area contributed by atoms with E-state index in [1.165, 1.54) is 6.07 Å². The Morgan fingerprint density at radius 2 is 1.94 bits per heavy atom. The lowest BCUT2D eigenvalue weighted by Crippen LogP contribution is -2.44. The molecule has 0 radical (unpaired) electrons. The van der Waals surface area contributed by atoms with Crippen molar-refractivity contribution >= 4 is 5.91 Å². The SMILES string of the molecule is Cc1ccc(C(C)NC(=O)[C@H](N)C(C)C)cc1F. The van der Waals surface area contributed by atoms with Crippen LogP contribution in [0.4, 0.5) is 4.39 Å². The average Bonchev–Trinajstić information content (AvgIpc) is 2.31. The summed E-state index contributed by atoms with van der Waals surface area (Å²) in [5, 5.41) is 2.79. The van der Waals surface area contributed by atoms with Crippen LogP contribution in [0.1, 0.15) is 37.9 Å². The molecule has 100 valence electrons. The van der Waals surface area contributed by atoms with Crippen LogP contribution < -0.4 is 11.1 Å². The lowest BCUT2D eigenvalue weighted by Gasteiger charge is -2.20. The largest absolute Gasteiger partial charge is 0.348 e. The van der Waals surface area contributed by atoms with Crippen LogP contribution in [0.25, 0.3) is 0 Å². The highest BCUT2D eigenvalue weighted by Crippen LogP contribution is 2.16. The molecule has 2 atom stereocenters. The molecule has 1 rings (SSSR count). The van der Waals surface area contributed by atoms with Crippen molar-refractivity contribution in [3.8, 4) is 0 Å². The first-order valence-corrected chi connectivity index (χ1v) is 6.15. The second-order valence-electron chi connectivity index (χ2n) is 5.01. The second-order valence-corrected chi connectivity index (χ2v) is 5.01. The summed E-state index contributed by atoms with van der Waals surface area (Å²) < 4.78 is 13.4. The molecule has 0 aliphatic carbocycles. The Balaban J connectivity index is 2.73. The molecule has 0 bridgehead atoms. The Bertz CT molecular complexity index is 432. The van der Waals surface area contributed by atoms with E-state index in [1.54, 1.807) is 13.0 Å². The lowest BCUT2D eigenvalue weighted by molar-refractivity contribution is -0.123. The maximum absolute atomic E-state index is 13.4. The highest BCUT2D eigenvalue weighted by molar-refractivity contribution is 5.82. The summed E-state index contributed by atoms with van der Waals surface area (Å²) in [4.78, 5) is 11.8. The van der Waals surface area contributed by atoms with Gasteiger partial charge in [0.05, 0.1) is 12.1 Å². The van der Waals surface area contributed by atoms with E-state index >= 15 is 0 Å². The predicted molar refractivity (Wildman–Crippen MR) is 70.5 cm³/mol. The molecule has 3 nitrogen and oxygen atoms in total. The lowest BCUT2D eigenvalue weighted by atomic mass is 10.0. The molecule has 1 aromatic rings. The minimum atomic E-state index is -0.539. The summed E-state index contributed by atoms with van der Waals surface area (Å²) in [6, 6.07) is 4.17. The topological polar surface area (TPSA) is 55.1 Å². The number of benzene rings is 1. The summed E-state index contributed by atoms with van der Waals surface area (Å²) in [5.41, 5.74) is 7.09. The average molecular weight is 252 g/mol. The van der Waals surface area contributed by atoms with Gasteiger partial charge in [0.25, 0.3) is 0 Å². The highest BCUT2D eigenvalue weighted by Gasteiger charge is 2.19. The Kier molecular flexibility index (Phi) is 4.84. The number of rotatable bonds is 4. The molecule has 0 aliphatic heterocycles. The molecule has 0 heterocycles. The summed E-state index contributed by atoms with van der Waals surface area (Å²) in [7, 11) is 0. The van der Waals surface area contributed by atoms with E-state index in [9.17, 15) is 9.18 Å². The number of carbonyl (C=O) groups is 1. The normalized spacial score (nSPS) is 14.4. The van der Waals surface area contributed by atoms with Gasteiger partial charge in [0, 0.05) is 0 Å².